The van der Waals surface area contributed by atoms with Gasteiger partial charge in [0.2, 0.25) is 0 Å². The van der Waals surface area contributed by atoms with Crippen LogP contribution in [0.4, 0.5) is 0 Å². The summed E-state index contributed by atoms with van der Waals surface area (Å²) in [7, 11) is 0. The highest BCUT2D eigenvalue weighted by Crippen LogP contribution is 2.28. The molecule has 0 saturated heterocycles. The molecular weight excluding hydrogens is 289 g/mol. The number of aliphatic imine (C=N–C) groups is 1. The topological polar surface area (TPSA) is 12.4 Å². The average molecular weight is 306 g/mol. The molecule has 2 rings (SSSR count). The van der Waals surface area contributed by atoms with Crippen molar-refractivity contribution in [2.45, 2.75) is 26.8 Å². The first kappa shape index (κ1) is 15.1. The van der Waals surface area contributed by atoms with E-state index in [1.165, 1.54) is 11.1 Å². The number of halogens is 2. The minimum absolute atomic E-state index is 0.000297. The highest BCUT2D eigenvalue weighted by atomic mass is 35.5. The summed E-state index contributed by atoms with van der Waals surface area (Å²) in [6, 6.07) is 11.9. The molecule has 20 heavy (non-hydrogen) atoms. The molecule has 0 radical (unpaired) electrons. The molecule has 2 aromatic carbocycles. The molecule has 0 saturated carbocycles. The van der Waals surface area contributed by atoms with Crippen LogP contribution in [-0.4, -0.2) is 6.21 Å². The molecule has 0 aliphatic rings. The fourth-order valence-corrected chi connectivity index (χ4v) is 2.58. The molecule has 0 fully saturated rings. The van der Waals surface area contributed by atoms with Gasteiger partial charge in [0.1, 0.15) is 0 Å². The number of hydrogen-bond donors (Lipinski definition) is 0. The van der Waals surface area contributed by atoms with Crippen molar-refractivity contribution in [2.24, 2.45) is 4.99 Å². The minimum Gasteiger partial charge on any atom is -0.285 e. The van der Waals surface area contributed by atoms with Crippen molar-refractivity contribution in [3.05, 3.63) is 68.7 Å². The molecule has 0 aliphatic heterocycles. The fraction of sp³-hybridized carbons (Fsp3) is 0.235. The zero-order valence-electron chi connectivity index (χ0n) is 11.8. The number of benzene rings is 2. The van der Waals surface area contributed by atoms with E-state index in [-0.39, 0.29) is 6.04 Å². The van der Waals surface area contributed by atoms with Gasteiger partial charge in [-0.2, -0.15) is 0 Å². The van der Waals surface area contributed by atoms with Gasteiger partial charge in [-0.3, -0.25) is 4.99 Å². The number of aryl methyl sites for hydroxylation is 2. The summed E-state index contributed by atoms with van der Waals surface area (Å²) in [4.78, 5) is 4.60. The zero-order chi connectivity index (χ0) is 14.7. The van der Waals surface area contributed by atoms with Crippen LogP contribution >= 0.6 is 23.2 Å². The molecule has 0 bridgehead atoms. The Labute approximate surface area is 130 Å². The van der Waals surface area contributed by atoms with E-state index < -0.39 is 0 Å². The first-order valence-corrected chi connectivity index (χ1v) is 7.28. The molecule has 0 aliphatic carbocycles. The van der Waals surface area contributed by atoms with Crippen LogP contribution in [-0.2, 0) is 0 Å². The maximum atomic E-state index is 6.20. The maximum Gasteiger partial charge on any atom is 0.0735 e. The summed E-state index contributed by atoms with van der Waals surface area (Å²) in [6.45, 7) is 6.19. The van der Waals surface area contributed by atoms with Gasteiger partial charge >= 0.3 is 0 Å². The lowest BCUT2D eigenvalue weighted by molar-refractivity contribution is 0.825. The van der Waals surface area contributed by atoms with Crippen molar-refractivity contribution in [3.63, 3.8) is 0 Å². The summed E-state index contributed by atoms with van der Waals surface area (Å²) >= 11 is 12.1. The lowest BCUT2D eigenvalue weighted by atomic mass is 10.1. The van der Waals surface area contributed by atoms with E-state index in [0.717, 1.165) is 11.1 Å². The van der Waals surface area contributed by atoms with E-state index in [1.807, 2.05) is 25.3 Å². The van der Waals surface area contributed by atoms with Crippen LogP contribution in [0.2, 0.25) is 10.0 Å². The van der Waals surface area contributed by atoms with Crippen LogP contribution in [0.15, 0.2) is 41.4 Å². The second kappa shape index (κ2) is 6.43. The van der Waals surface area contributed by atoms with E-state index in [2.05, 4.69) is 37.0 Å². The summed E-state index contributed by atoms with van der Waals surface area (Å²) in [6.07, 6.45) is 1.91. The Bertz CT molecular complexity index is 647. The molecule has 1 unspecified atom stereocenters. The molecule has 3 heteroatoms. The first-order chi connectivity index (χ1) is 9.47. The van der Waals surface area contributed by atoms with Crippen LogP contribution in [0, 0.1) is 13.8 Å². The molecule has 2 aromatic rings. The SMILES string of the molecule is Cc1ccc(C)c(C=NC(C)c2ccc(Cl)cc2Cl)c1. The second-order valence-electron chi connectivity index (χ2n) is 4.98. The summed E-state index contributed by atoms with van der Waals surface area (Å²) in [5, 5.41) is 1.30. The van der Waals surface area contributed by atoms with Crippen molar-refractivity contribution in [1.29, 1.82) is 0 Å². The highest BCUT2D eigenvalue weighted by molar-refractivity contribution is 6.35. The lowest BCUT2D eigenvalue weighted by Gasteiger charge is -2.10. The van der Waals surface area contributed by atoms with Crippen LogP contribution < -0.4 is 0 Å². The third-order valence-corrected chi connectivity index (χ3v) is 3.85. The normalized spacial score (nSPS) is 12.8. The van der Waals surface area contributed by atoms with Gasteiger partial charge in [0.15, 0.2) is 0 Å². The maximum absolute atomic E-state index is 6.20. The minimum atomic E-state index is -0.000297. The summed E-state index contributed by atoms with van der Waals surface area (Å²) in [5.41, 5.74) is 4.57. The van der Waals surface area contributed by atoms with Crippen LogP contribution in [0.3, 0.4) is 0 Å². The standard InChI is InChI=1S/C17H17Cl2N/c1-11-4-5-12(2)14(8-11)10-20-13(3)16-7-6-15(18)9-17(16)19/h4-10,13H,1-3H3. The van der Waals surface area contributed by atoms with E-state index in [0.29, 0.717) is 10.0 Å². The Hall–Kier alpha value is -1.31. The third-order valence-electron chi connectivity index (χ3n) is 3.28. The Kier molecular flexibility index (Phi) is 4.85. The summed E-state index contributed by atoms with van der Waals surface area (Å²) in [5.74, 6) is 0. The molecule has 0 heterocycles. The first-order valence-electron chi connectivity index (χ1n) is 6.53. The largest absolute Gasteiger partial charge is 0.285 e. The van der Waals surface area contributed by atoms with E-state index >= 15 is 0 Å². The molecule has 104 valence electrons. The Morgan fingerprint density at radius 3 is 2.50 bits per heavy atom. The molecule has 1 atom stereocenters. The van der Waals surface area contributed by atoms with Gasteiger partial charge in [-0.05, 0) is 49.6 Å². The zero-order valence-corrected chi connectivity index (χ0v) is 13.3. The predicted molar refractivity (Wildman–Crippen MR) is 88.4 cm³/mol. The van der Waals surface area contributed by atoms with Crippen LogP contribution in [0.25, 0.3) is 0 Å². The van der Waals surface area contributed by atoms with Crippen molar-refractivity contribution < 1.29 is 0 Å². The fourth-order valence-electron chi connectivity index (χ4n) is 2.01. The Balaban J connectivity index is 2.24. The van der Waals surface area contributed by atoms with Gasteiger partial charge in [-0.15, -0.1) is 0 Å². The second-order valence-corrected chi connectivity index (χ2v) is 5.82. The van der Waals surface area contributed by atoms with Gasteiger partial charge in [-0.1, -0.05) is 53.0 Å². The number of rotatable bonds is 3. The van der Waals surface area contributed by atoms with E-state index in [4.69, 9.17) is 23.2 Å². The summed E-state index contributed by atoms with van der Waals surface area (Å²) < 4.78 is 0. The highest BCUT2D eigenvalue weighted by Gasteiger charge is 2.08. The quantitative estimate of drug-likeness (QED) is 0.636. The molecule has 0 amide bonds. The average Bonchev–Trinajstić information content (AvgIpc) is 2.39. The van der Waals surface area contributed by atoms with Gasteiger partial charge in [-0.25, -0.2) is 0 Å². The number of hydrogen-bond acceptors (Lipinski definition) is 1. The smallest absolute Gasteiger partial charge is 0.0735 e. The predicted octanol–water partition coefficient (Wildman–Crippen LogP) is 5.79. The van der Waals surface area contributed by atoms with Gasteiger partial charge in [0.25, 0.3) is 0 Å². The lowest BCUT2D eigenvalue weighted by Crippen LogP contribution is -1.94. The van der Waals surface area contributed by atoms with Crippen LogP contribution in [0.5, 0.6) is 0 Å². The molecule has 1 nitrogen and oxygen atoms in total. The van der Waals surface area contributed by atoms with Crippen LogP contribution in [0.1, 0.15) is 35.2 Å². The van der Waals surface area contributed by atoms with Gasteiger partial charge in [0, 0.05) is 16.3 Å². The van der Waals surface area contributed by atoms with Crippen molar-refractivity contribution in [2.75, 3.05) is 0 Å². The van der Waals surface area contributed by atoms with E-state index in [9.17, 15) is 0 Å². The van der Waals surface area contributed by atoms with Gasteiger partial charge < -0.3 is 0 Å². The Morgan fingerprint density at radius 2 is 1.80 bits per heavy atom. The molecular formula is C17H17Cl2N. The van der Waals surface area contributed by atoms with Crippen molar-refractivity contribution in [3.8, 4) is 0 Å². The Morgan fingerprint density at radius 1 is 1.05 bits per heavy atom. The number of nitrogens with zero attached hydrogens (tertiary/aromatic N) is 1. The molecule has 0 aromatic heterocycles. The molecule has 0 N–H and O–H groups in total. The van der Waals surface area contributed by atoms with Crippen molar-refractivity contribution >= 4 is 29.4 Å². The molecule has 0 spiro atoms. The van der Waals surface area contributed by atoms with Gasteiger partial charge in [0.05, 0.1) is 6.04 Å². The monoisotopic (exact) mass is 305 g/mol. The van der Waals surface area contributed by atoms with E-state index in [1.54, 1.807) is 6.07 Å². The third kappa shape index (κ3) is 3.62. The van der Waals surface area contributed by atoms with Crippen molar-refractivity contribution in [1.82, 2.24) is 0 Å².